The highest BCUT2D eigenvalue weighted by Gasteiger charge is 2.07. The van der Waals surface area contributed by atoms with Gasteiger partial charge in [-0.15, -0.1) is 0 Å². The van der Waals surface area contributed by atoms with E-state index >= 15 is 0 Å². The Hall–Kier alpha value is -1.58. The standard InChI is InChI=1S/C8H6FNO2/c1-11-6-2-5-4-10-12-8(5)7(9)3-6/h2-4H,1H3. The number of fused-ring (bicyclic) bond motifs is 1. The van der Waals surface area contributed by atoms with Crippen molar-refractivity contribution >= 4 is 11.0 Å². The number of hydrogen-bond donors (Lipinski definition) is 0. The van der Waals surface area contributed by atoms with Crippen LogP contribution < -0.4 is 4.74 Å². The van der Waals surface area contributed by atoms with Gasteiger partial charge in [0.05, 0.1) is 13.3 Å². The van der Waals surface area contributed by atoms with Crippen LogP contribution in [0.3, 0.4) is 0 Å². The van der Waals surface area contributed by atoms with E-state index in [-0.39, 0.29) is 5.58 Å². The lowest BCUT2D eigenvalue weighted by Crippen LogP contribution is -1.83. The summed E-state index contributed by atoms with van der Waals surface area (Å²) in [5.41, 5.74) is 0.163. The van der Waals surface area contributed by atoms with E-state index in [1.165, 1.54) is 19.4 Å². The van der Waals surface area contributed by atoms with Gasteiger partial charge in [-0.2, -0.15) is 0 Å². The van der Waals surface area contributed by atoms with Gasteiger partial charge in [0, 0.05) is 11.5 Å². The van der Waals surface area contributed by atoms with Gasteiger partial charge in [0.25, 0.3) is 0 Å². The molecule has 0 aliphatic heterocycles. The SMILES string of the molecule is COc1cc(F)c2oncc2c1. The van der Waals surface area contributed by atoms with E-state index in [0.29, 0.717) is 11.1 Å². The zero-order chi connectivity index (χ0) is 8.55. The van der Waals surface area contributed by atoms with E-state index in [1.807, 2.05) is 0 Å². The van der Waals surface area contributed by atoms with E-state index in [9.17, 15) is 4.39 Å². The number of ether oxygens (including phenoxy) is 1. The molecule has 0 aliphatic carbocycles. The Kier molecular flexibility index (Phi) is 1.46. The Morgan fingerprint density at radius 3 is 3.08 bits per heavy atom. The third-order valence-electron chi connectivity index (χ3n) is 1.62. The molecule has 0 atom stereocenters. The Labute approximate surface area is 67.7 Å². The van der Waals surface area contributed by atoms with Crippen molar-refractivity contribution in [3.8, 4) is 5.75 Å². The molecule has 0 fully saturated rings. The second-order valence-corrected chi connectivity index (χ2v) is 2.35. The first-order valence-corrected chi connectivity index (χ1v) is 3.39. The van der Waals surface area contributed by atoms with E-state index in [1.54, 1.807) is 6.07 Å². The summed E-state index contributed by atoms with van der Waals surface area (Å²) >= 11 is 0. The van der Waals surface area contributed by atoms with Crippen LogP contribution >= 0.6 is 0 Å². The van der Waals surface area contributed by atoms with Crippen LogP contribution in [0.25, 0.3) is 11.0 Å². The number of nitrogens with zero attached hydrogens (tertiary/aromatic N) is 1. The Morgan fingerprint density at radius 1 is 1.50 bits per heavy atom. The molecule has 0 amide bonds. The summed E-state index contributed by atoms with van der Waals surface area (Å²) < 4.78 is 22.6. The van der Waals surface area contributed by atoms with E-state index in [2.05, 4.69) is 9.68 Å². The van der Waals surface area contributed by atoms with Crippen LogP contribution in [0.5, 0.6) is 5.75 Å². The van der Waals surface area contributed by atoms with Crippen LogP contribution in [-0.4, -0.2) is 12.3 Å². The van der Waals surface area contributed by atoms with Gasteiger partial charge in [-0.1, -0.05) is 5.16 Å². The molecule has 0 spiro atoms. The predicted molar refractivity (Wildman–Crippen MR) is 40.5 cm³/mol. The van der Waals surface area contributed by atoms with Crippen molar-refractivity contribution in [1.82, 2.24) is 5.16 Å². The van der Waals surface area contributed by atoms with Crippen LogP contribution in [0.15, 0.2) is 22.9 Å². The molecule has 0 unspecified atom stereocenters. The molecule has 0 saturated heterocycles. The quantitative estimate of drug-likeness (QED) is 0.651. The summed E-state index contributed by atoms with van der Waals surface area (Å²) in [6, 6.07) is 2.92. The minimum Gasteiger partial charge on any atom is -0.497 e. The fraction of sp³-hybridized carbons (Fsp3) is 0.125. The molecule has 62 valence electrons. The smallest absolute Gasteiger partial charge is 0.202 e. The lowest BCUT2D eigenvalue weighted by atomic mass is 10.2. The lowest BCUT2D eigenvalue weighted by molar-refractivity contribution is 0.409. The van der Waals surface area contributed by atoms with Gasteiger partial charge in [0.1, 0.15) is 5.75 Å². The minimum absolute atomic E-state index is 0.163. The monoisotopic (exact) mass is 167 g/mol. The highest BCUT2D eigenvalue weighted by atomic mass is 19.1. The Balaban J connectivity index is 2.75. The molecule has 1 heterocycles. The maximum Gasteiger partial charge on any atom is 0.202 e. The van der Waals surface area contributed by atoms with Gasteiger partial charge in [-0.25, -0.2) is 4.39 Å². The molecule has 0 radical (unpaired) electrons. The van der Waals surface area contributed by atoms with Crippen LogP contribution in [0.2, 0.25) is 0 Å². The first-order chi connectivity index (χ1) is 5.81. The fourth-order valence-corrected chi connectivity index (χ4v) is 1.03. The zero-order valence-electron chi connectivity index (χ0n) is 6.37. The van der Waals surface area contributed by atoms with E-state index < -0.39 is 5.82 Å². The van der Waals surface area contributed by atoms with Crippen molar-refractivity contribution in [3.05, 3.63) is 24.1 Å². The molecule has 2 rings (SSSR count). The summed E-state index contributed by atoms with van der Waals surface area (Å²) in [4.78, 5) is 0. The van der Waals surface area contributed by atoms with Crippen LogP contribution in [0.4, 0.5) is 4.39 Å². The van der Waals surface area contributed by atoms with Gasteiger partial charge >= 0.3 is 0 Å². The summed E-state index contributed by atoms with van der Waals surface area (Å²) in [6.45, 7) is 0. The molecule has 1 aromatic heterocycles. The molecular weight excluding hydrogens is 161 g/mol. The number of benzene rings is 1. The van der Waals surface area contributed by atoms with E-state index in [0.717, 1.165) is 0 Å². The lowest BCUT2D eigenvalue weighted by Gasteiger charge is -1.97. The number of aromatic nitrogens is 1. The van der Waals surface area contributed by atoms with Gasteiger partial charge < -0.3 is 9.26 Å². The molecule has 4 heteroatoms. The van der Waals surface area contributed by atoms with E-state index in [4.69, 9.17) is 4.74 Å². The molecule has 12 heavy (non-hydrogen) atoms. The Morgan fingerprint density at radius 2 is 2.33 bits per heavy atom. The number of rotatable bonds is 1. The molecular formula is C8H6FNO2. The fourth-order valence-electron chi connectivity index (χ4n) is 1.03. The van der Waals surface area contributed by atoms with Crippen molar-refractivity contribution < 1.29 is 13.7 Å². The van der Waals surface area contributed by atoms with Gasteiger partial charge in [-0.05, 0) is 6.07 Å². The summed E-state index contributed by atoms with van der Waals surface area (Å²) in [7, 11) is 1.48. The average molecular weight is 167 g/mol. The zero-order valence-corrected chi connectivity index (χ0v) is 6.37. The topological polar surface area (TPSA) is 35.3 Å². The number of hydrogen-bond acceptors (Lipinski definition) is 3. The van der Waals surface area contributed by atoms with Gasteiger partial charge in [-0.3, -0.25) is 0 Å². The third kappa shape index (κ3) is 0.922. The molecule has 0 N–H and O–H groups in total. The Bertz CT molecular complexity index is 410. The maximum absolute atomic E-state index is 13.1. The van der Waals surface area contributed by atoms with Crippen LogP contribution in [-0.2, 0) is 0 Å². The summed E-state index contributed by atoms with van der Waals surface area (Å²) in [5.74, 6) is 0.00468. The van der Waals surface area contributed by atoms with Gasteiger partial charge in [0.15, 0.2) is 5.82 Å². The molecule has 2 aromatic rings. The second-order valence-electron chi connectivity index (χ2n) is 2.35. The van der Waals surface area contributed by atoms with Crippen molar-refractivity contribution in [2.45, 2.75) is 0 Å². The highest BCUT2D eigenvalue weighted by Crippen LogP contribution is 2.23. The van der Waals surface area contributed by atoms with Crippen molar-refractivity contribution in [2.24, 2.45) is 0 Å². The molecule has 0 aliphatic rings. The largest absolute Gasteiger partial charge is 0.497 e. The average Bonchev–Trinajstić information content (AvgIpc) is 2.52. The molecule has 0 saturated carbocycles. The normalized spacial score (nSPS) is 10.5. The van der Waals surface area contributed by atoms with Crippen molar-refractivity contribution in [2.75, 3.05) is 7.11 Å². The summed E-state index contributed by atoms with van der Waals surface area (Å²) in [5, 5.41) is 4.07. The van der Waals surface area contributed by atoms with Gasteiger partial charge in [0.2, 0.25) is 5.58 Å². The van der Waals surface area contributed by atoms with Crippen molar-refractivity contribution in [1.29, 1.82) is 0 Å². The second kappa shape index (κ2) is 2.48. The first kappa shape index (κ1) is 7.09. The number of methoxy groups -OCH3 is 1. The highest BCUT2D eigenvalue weighted by molar-refractivity contribution is 5.78. The summed E-state index contributed by atoms with van der Waals surface area (Å²) in [6.07, 6.45) is 1.45. The maximum atomic E-state index is 13.1. The number of halogens is 1. The molecule has 1 aromatic carbocycles. The van der Waals surface area contributed by atoms with Crippen LogP contribution in [0.1, 0.15) is 0 Å². The minimum atomic E-state index is -0.457. The van der Waals surface area contributed by atoms with Crippen molar-refractivity contribution in [3.63, 3.8) is 0 Å². The predicted octanol–water partition coefficient (Wildman–Crippen LogP) is 1.98. The molecule has 0 bridgehead atoms. The first-order valence-electron chi connectivity index (χ1n) is 3.39. The van der Waals surface area contributed by atoms with Crippen LogP contribution in [0, 0.1) is 5.82 Å². The molecule has 3 nitrogen and oxygen atoms in total. The third-order valence-corrected chi connectivity index (χ3v) is 1.62.